The maximum absolute atomic E-state index is 12.0. The lowest BCUT2D eigenvalue weighted by Gasteiger charge is -2.18. The molecule has 0 bridgehead atoms. The number of carbonyl (C=O) groups excluding carboxylic acids is 1. The molecule has 0 saturated carbocycles. The van der Waals surface area contributed by atoms with Gasteiger partial charge < -0.3 is 10.8 Å². The van der Waals surface area contributed by atoms with Crippen molar-refractivity contribution in [2.45, 2.75) is 24.3 Å². The molecule has 0 aliphatic carbocycles. The molecule has 1 unspecified atom stereocenters. The number of amides is 1. The molecule has 0 aliphatic heterocycles. The van der Waals surface area contributed by atoms with Crippen LogP contribution in [-0.2, 0) is 21.3 Å². The van der Waals surface area contributed by atoms with Crippen molar-refractivity contribution < 1.29 is 18.9 Å². The van der Waals surface area contributed by atoms with E-state index < -0.39 is 27.4 Å². The van der Waals surface area contributed by atoms with E-state index in [0.29, 0.717) is 11.1 Å². The Balaban J connectivity index is 2.92. The van der Waals surface area contributed by atoms with Crippen LogP contribution in [0.15, 0.2) is 24.3 Å². The number of aliphatic carboxylic acids is 1. The molecule has 0 radical (unpaired) electrons. The van der Waals surface area contributed by atoms with Crippen LogP contribution in [-0.4, -0.2) is 25.9 Å². The Morgan fingerprint density at radius 1 is 1.39 bits per heavy atom. The fourth-order valence-corrected chi connectivity index (χ4v) is 2.28. The van der Waals surface area contributed by atoms with Crippen molar-refractivity contribution in [3.8, 4) is 0 Å². The Bertz CT molecular complexity index is 511. The molecule has 0 heterocycles. The van der Waals surface area contributed by atoms with E-state index in [1.165, 1.54) is 19.9 Å². The number of carbonyl (C=O) groups is 2. The molecule has 3 N–H and O–H groups in total. The third-order valence-electron chi connectivity index (χ3n) is 2.59. The van der Waals surface area contributed by atoms with Crippen LogP contribution in [0, 0.1) is 0 Å². The van der Waals surface area contributed by atoms with Crippen molar-refractivity contribution in [1.29, 1.82) is 0 Å². The van der Waals surface area contributed by atoms with Crippen molar-refractivity contribution in [2.75, 3.05) is 0 Å². The molecule has 6 heteroatoms. The summed E-state index contributed by atoms with van der Waals surface area (Å²) in [5, 5.41) is 8.97. The zero-order valence-electron chi connectivity index (χ0n) is 10.2. The van der Waals surface area contributed by atoms with Gasteiger partial charge in [0.25, 0.3) is 0 Å². The van der Waals surface area contributed by atoms with Crippen LogP contribution in [0.1, 0.15) is 29.8 Å². The Morgan fingerprint density at radius 3 is 2.50 bits per heavy atom. The Labute approximate surface area is 107 Å². The highest BCUT2D eigenvalue weighted by Crippen LogP contribution is 2.18. The largest absolute Gasteiger partial charge is 0.480 e. The zero-order valence-corrected chi connectivity index (χ0v) is 11.0. The van der Waals surface area contributed by atoms with E-state index in [2.05, 4.69) is 0 Å². The number of hydrogen-bond acceptors (Lipinski definition) is 3. The molecule has 1 aromatic rings. The van der Waals surface area contributed by atoms with Gasteiger partial charge in [0.15, 0.2) is 0 Å². The summed E-state index contributed by atoms with van der Waals surface area (Å²) in [6.07, 6.45) is 0. The van der Waals surface area contributed by atoms with Crippen molar-refractivity contribution in [3.63, 3.8) is 0 Å². The molecule has 1 amide bonds. The van der Waals surface area contributed by atoms with Crippen molar-refractivity contribution in [2.24, 2.45) is 5.73 Å². The summed E-state index contributed by atoms with van der Waals surface area (Å²) >= 11 is 0. The molecule has 1 rings (SSSR count). The number of carboxylic acids is 1. The Hall–Kier alpha value is -1.69. The molecular formula is C12H15NO4S. The second kappa shape index (κ2) is 5.30. The second-order valence-corrected chi connectivity index (χ2v) is 6.37. The van der Waals surface area contributed by atoms with E-state index in [1.807, 2.05) is 0 Å². The smallest absolute Gasteiger partial charge is 0.321 e. The normalized spacial score (nSPS) is 13.0. The number of nitrogens with two attached hydrogens (primary N) is 1. The molecule has 0 fully saturated rings. The van der Waals surface area contributed by atoms with Gasteiger partial charge in [0.05, 0.1) is 0 Å². The lowest BCUT2D eigenvalue weighted by Crippen LogP contribution is -2.37. The van der Waals surface area contributed by atoms with Crippen LogP contribution in [0.25, 0.3) is 0 Å². The SMILES string of the molecule is CC(C)(C(=O)O)S(=O)Cc1cccc(C(N)=O)c1. The summed E-state index contributed by atoms with van der Waals surface area (Å²) in [7, 11) is -1.58. The molecule has 0 spiro atoms. The van der Waals surface area contributed by atoms with E-state index in [4.69, 9.17) is 10.8 Å². The molecule has 0 aromatic heterocycles. The number of hydrogen-bond donors (Lipinski definition) is 2. The monoisotopic (exact) mass is 269 g/mol. The first-order chi connectivity index (χ1) is 8.25. The van der Waals surface area contributed by atoms with Crippen LogP contribution < -0.4 is 5.73 Å². The minimum absolute atomic E-state index is 0.0699. The van der Waals surface area contributed by atoms with Crippen LogP contribution >= 0.6 is 0 Å². The maximum Gasteiger partial charge on any atom is 0.321 e. The standard InChI is InChI=1S/C12H15NO4S/c1-12(2,11(15)16)18(17)7-8-4-3-5-9(6-8)10(13)14/h3-6H,7H2,1-2H3,(H2,13,14)(H,15,16). The highest BCUT2D eigenvalue weighted by Gasteiger charge is 2.34. The number of primary amides is 1. The van der Waals surface area contributed by atoms with Gasteiger partial charge in [0.2, 0.25) is 5.91 Å². The Morgan fingerprint density at radius 2 is 2.00 bits per heavy atom. The first-order valence-electron chi connectivity index (χ1n) is 5.25. The van der Waals surface area contributed by atoms with Gasteiger partial charge in [0.1, 0.15) is 4.75 Å². The third kappa shape index (κ3) is 3.16. The van der Waals surface area contributed by atoms with Gasteiger partial charge in [-0.2, -0.15) is 0 Å². The van der Waals surface area contributed by atoms with Crippen LogP contribution in [0.4, 0.5) is 0 Å². The van der Waals surface area contributed by atoms with Gasteiger partial charge in [-0.1, -0.05) is 12.1 Å². The van der Waals surface area contributed by atoms with Gasteiger partial charge in [-0.3, -0.25) is 13.8 Å². The van der Waals surface area contributed by atoms with E-state index in [9.17, 15) is 13.8 Å². The minimum atomic E-state index is -1.58. The minimum Gasteiger partial charge on any atom is -0.480 e. The van der Waals surface area contributed by atoms with Gasteiger partial charge in [0, 0.05) is 22.1 Å². The zero-order chi connectivity index (χ0) is 13.9. The van der Waals surface area contributed by atoms with E-state index >= 15 is 0 Å². The van der Waals surface area contributed by atoms with Gasteiger partial charge in [-0.05, 0) is 31.5 Å². The predicted octanol–water partition coefficient (Wildman–Crippen LogP) is 0.897. The van der Waals surface area contributed by atoms with Crippen molar-refractivity contribution >= 4 is 22.7 Å². The maximum atomic E-state index is 12.0. The highest BCUT2D eigenvalue weighted by atomic mass is 32.2. The molecule has 1 aromatic carbocycles. The summed E-state index contributed by atoms with van der Waals surface area (Å²) < 4.78 is 10.6. The lowest BCUT2D eigenvalue weighted by atomic mass is 10.1. The van der Waals surface area contributed by atoms with Gasteiger partial charge >= 0.3 is 5.97 Å². The molecule has 1 atom stereocenters. The molecular weight excluding hydrogens is 254 g/mol. The fraction of sp³-hybridized carbons (Fsp3) is 0.333. The van der Waals surface area contributed by atoms with E-state index in [0.717, 1.165) is 0 Å². The molecule has 0 aliphatic rings. The molecule has 5 nitrogen and oxygen atoms in total. The van der Waals surface area contributed by atoms with Crippen molar-refractivity contribution in [3.05, 3.63) is 35.4 Å². The number of benzene rings is 1. The van der Waals surface area contributed by atoms with E-state index in [-0.39, 0.29) is 5.75 Å². The quantitative estimate of drug-likeness (QED) is 0.829. The average molecular weight is 269 g/mol. The summed E-state index contributed by atoms with van der Waals surface area (Å²) in [5.41, 5.74) is 6.08. The summed E-state index contributed by atoms with van der Waals surface area (Å²) in [4.78, 5) is 22.0. The van der Waals surface area contributed by atoms with Gasteiger partial charge in [-0.25, -0.2) is 0 Å². The summed E-state index contributed by atoms with van der Waals surface area (Å²) in [5.74, 6) is -1.62. The van der Waals surface area contributed by atoms with Gasteiger partial charge in [-0.15, -0.1) is 0 Å². The first-order valence-corrected chi connectivity index (χ1v) is 6.57. The first kappa shape index (κ1) is 14.4. The highest BCUT2D eigenvalue weighted by molar-refractivity contribution is 7.86. The predicted molar refractivity (Wildman–Crippen MR) is 68.5 cm³/mol. The average Bonchev–Trinajstić information content (AvgIpc) is 2.28. The molecule has 98 valence electrons. The van der Waals surface area contributed by atoms with Crippen LogP contribution in [0.5, 0.6) is 0 Å². The topological polar surface area (TPSA) is 97.5 Å². The van der Waals surface area contributed by atoms with Crippen LogP contribution in [0.3, 0.4) is 0 Å². The summed E-state index contributed by atoms with van der Waals surface area (Å²) in [6.45, 7) is 2.81. The second-order valence-electron chi connectivity index (χ2n) is 4.37. The van der Waals surface area contributed by atoms with E-state index in [1.54, 1.807) is 18.2 Å². The summed E-state index contributed by atoms with van der Waals surface area (Å²) in [6, 6.07) is 6.39. The Kier molecular flexibility index (Phi) is 4.24. The molecule has 18 heavy (non-hydrogen) atoms. The van der Waals surface area contributed by atoms with Crippen molar-refractivity contribution in [1.82, 2.24) is 0 Å². The number of rotatable bonds is 5. The fourth-order valence-electron chi connectivity index (χ4n) is 1.24. The lowest BCUT2D eigenvalue weighted by molar-refractivity contribution is -0.139. The van der Waals surface area contributed by atoms with Crippen LogP contribution in [0.2, 0.25) is 0 Å². The number of carboxylic acid groups (broad SMARTS) is 1. The molecule has 0 saturated heterocycles. The third-order valence-corrected chi connectivity index (χ3v) is 4.50.